The number of hydrogen-bond acceptors (Lipinski definition) is 6. The van der Waals surface area contributed by atoms with E-state index in [1.807, 2.05) is 6.92 Å². The highest BCUT2D eigenvalue weighted by molar-refractivity contribution is 7.13. The Morgan fingerprint density at radius 1 is 1.28 bits per heavy atom. The van der Waals surface area contributed by atoms with Gasteiger partial charge in [-0.3, -0.25) is 0 Å². The molecule has 0 saturated carbocycles. The zero-order valence-corrected chi connectivity index (χ0v) is 11.7. The van der Waals surface area contributed by atoms with Crippen LogP contribution in [0.5, 0.6) is 0 Å². The number of rotatable bonds is 5. The second-order valence-corrected chi connectivity index (χ2v) is 5.49. The van der Waals surface area contributed by atoms with Gasteiger partial charge < -0.3 is 5.73 Å². The third-order valence-corrected chi connectivity index (χ3v) is 3.91. The van der Waals surface area contributed by atoms with Crippen LogP contribution >= 0.6 is 11.3 Å². The summed E-state index contributed by atoms with van der Waals surface area (Å²) < 4.78 is 1.76. The van der Waals surface area contributed by atoms with Crippen molar-refractivity contribution in [3.05, 3.63) is 16.4 Å². The average Bonchev–Trinajstić information content (AvgIpc) is 2.93. The van der Waals surface area contributed by atoms with Gasteiger partial charge in [0.2, 0.25) is 5.13 Å². The smallest absolute Gasteiger partial charge is 0.234 e. The molecule has 2 aromatic rings. The van der Waals surface area contributed by atoms with Crippen molar-refractivity contribution in [2.24, 2.45) is 5.73 Å². The Kier molecular flexibility index (Phi) is 4.03. The molecule has 2 heterocycles. The predicted octanol–water partition coefficient (Wildman–Crippen LogP) is 1.44. The topological polar surface area (TPSA) is 82.5 Å². The van der Waals surface area contributed by atoms with Gasteiger partial charge in [-0.15, -0.1) is 15.3 Å². The summed E-state index contributed by atoms with van der Waals surface area (Å²) in [7, 11) is 0. The highest BCUT2D eigenvalue weighted by atomic mass is 32.1. The first kappa shape index (κ1) is 13.1. The fourth-order valence-corrected chi connectivity index (χ4v) is 2.43. The van der Waals surface area contributed by atoms with E-state index in [1.54, 1.807) is 16.0 Å². The fourth-order valence-electron chi connectivity index (χ4n) is 1.59. The number of nitrogens with two attached hydrogens (primary N) is 1. The molecule has 0 aromatic carbocycles. The van der Waals surface area contributed by atoms with Gasteiger partial charge in [0.1, 0.15) is 5.01 Å². The van der Waals surface area contributed by atoms with Gasteiger partial charge in [0.05, 0.1) is 11.4 Å². The minimum absolute atomic E-state index is 0.386. The van der Waals surface area contributed by atoms with Gasteiger partial charge in [0.25, 0.3) is 0 Å². The van der Waals surface area contributed by atoms with Crippen molar-refractivity contribution in [1.29, 1.82) is 0 Å². The van der Waals surface area contributed by atoms with Crippen molar-refractivity contribution >= 4 is 11.3 Å². The SMILES string of the molecule is Cc1c(CCCN)nnn1-c1nnc(C(C)C)s1. The van der Waals surface area contributed by atoms with Crippen molar-refractivity contribution in [1.82, 2.24) is 25.2 Å². The van der Waals surface area contributed by atoms with Crippen LogP contribution in [-0.2, 0) is 6.42 Å². The van der Waals surface area contributed by atoms with Gasteiger partial charge in [-0.2, -0.15) is 4.68 Å². The van der Waals surface area contributed by atoms with Crippen molar-refractivity contribution < 1.29 is 0 Å². The second-order valence-electron chi connectivity index (χ2n) is 4.50. The van der Waals surface area contributed by atoms with Crippen molar-refractivity contribution in [2.45, 2.75) is 39.5 Å². The summed E-state index contributed by atoms with van der Waals surface area (Å²) in [5.41, 5.74) is 7.52. The molecule has 6 nitrogen and oxygen atoms in total. The molecule has 0 fully saturated rings. The van der Waals surface area contributed by atoms with E-state index in [0.29, 0.717) is 12.5 Å². The third kappa shape index (κ3) is 2.56. The molecular weight excluding hydrogens is 248 g/mol. The molecule has 18 heavy (non-hydrogen) atoms. The minimum atomic E-state index is 0.386. The Hall–Kier alpha value is -1.34. The van der Waals surface area contributed by atoms with Crippen molar-refractivity contribution in [2.75, 3.05) is 6.54 Å². The summed E-state index contributed by atoms with van der Waals surface area (Å²) >= 11 is 1.56. The summed E-state index contributed by atoms with van der Waals surface area (Å²) in [5.74, 6) is 0.386. The van der Waals surface area contributed by atoms with Gasteiger partial charge in [0.15, 0.2) is 0 Å². The van der Waals surface area contributed by atoms with Gasteiger partial charge in [0, 0.05) is 5.92 Å². The molecule has 0 radical (unpaired) electrons. The Morgan fingerprint density at radius 2 is 2.06 bits per heavy atom. The summed E-state index contributed by atoms with van der Waals surface area (Å²) in [5, 5.41) is 18.5. The van der Waals surface area contributed by atoms with E-state index in [9.17, 15) is 0 Å². The van der Waals surface area contributed by atoms with Crippen LogP contribution in [0.2, 0.25) is 0 Å². The van der Waals surface area contributed by atoms with Crippen LogP contribution in [0.1, 0.15) is 42.6 Å². The van der Waals surface area contributed by atoms with Gasteiger partial charge in [-0.25, -0.2) is 0 Å². The maximum atomic E-state index is 5.51. The summed E-state index contributed by atoms with van der Waals surface area (Å²) in [6.45, 7) is 6.88. The lowest BCUT2D eigenvalue weighted by Crippen LogP contribution is -2.02. The number of aromatic nitrogens is 5. The molecule has 0 bridgehead atoms. The highest BCUT2D eigenvalue weighted by Gasteiger charge is 2.14. The highest BCUT2D eigenvalue weighted by Crippen LogP contribution is 2.22. The van der Waals surface area contributed by atoms with Crippen LogP contribution in [0.25, 0.3) is 5.13 Å². The number of hydrogen-bond donors (Lipinski definition) is 1. The second kappa shape index (κ2) is 5.53. The van der Waals surface area contributed by atoms with E-state index in [2.05, 4.69) is 34.4 Å². The normalized spacial score (nSPS) is 11.4. The van der Waals surface area contributed by atoms with Crippen LogP contribution in [-0.4, -0.2) is 31.7 Å². The zero-order valence-electron chi connectivity index (χ0n) is 10.9. The predicted molar refractivity (Wildman–Crippen MR) is 71.0 cm³/mol. The molecule has 0 unspecified atom stereocenters. The molecule has 0 aliphatic carbocycles. The Morgan fingerprint density at radius 3 is 2.67 bits per heavy atom. The summed E-state index contributed by atoms with van der Waals surface area (Å²) in [4.78, 5) is 0. The van der Waals surface area contributed by atoms with E-state index < -0.39 is 0 Å². The van der Waals surface area contributed by atoms with Gasteiger partial charge in [-0.1, -0.05) is 30.4 Å². The molecule has 98 valence electrons. The van der Waals surface area contributed by atoms with Gasteiger partial charge in [-0.05, 0) is 26.3 Å². The molecule has 0 aliphatic heterocycles. The maximum absolute atomic E-state index is 5.51. The maximum Gasteiger partial charge on any atom is 0.234 e. The molecule has 2 aromatic heterocycles. The molecule has 2 rings (SSSR count). The minimum Gasteiger partial charge on any atom is -0.330 e. The van der Waals surface area contributed by atoms with E-state index >= 15 is 0 Å². The monoisotopic (exact) mass is 266 g/mol. The molecule has 0 atom stereocenters. The molecule has 0 amide bonds. The van der Waals surface area contributed by atoms with E-state index in [0.717, 1.165) is 34.4 Å². The lowest BCUT2D eigenvalue weighted by molar-refractivity contribution is 0.756. The first-order valence-electron chi connectivity index (χ1n) is 6.08. The van der Waals surface area contributed by atoms with Crippen molar-refractivity contribution in [3.63, 3.8) is 0 Å². The lowest BCUT2D eigenvalue weighted by atomic mass is 10.2. The number of aryl methyl sites for hydroxylation is 1. The zero-order chi connectivity index (χ0) is 13.1. The largest absolute Gasteiger partial charge is 0.330 e. The summed E-state index contributed by atoms with van der Waals surface area (Å²) in [6, 6.07) is 0. The summed E-state index contributed by atoms with van der Waals surface area (Å²) in [6.07, 6.45) is 1.78. The lowest BCUT2D eigenvalue weighted by Gasteiger charge is -1.98. The average molecular weight is 266 g/mol. The molecule has 7 heteroatoms. The first-order chi connectivity index (χ1) is 8.63. The molecule has 0 saturated heterocycles. The van der Waals surface area contributed by atoms with Crippen LogP contribution in [0.15, 0.2) is 0 Å². The number of nitrogens with zero attached hydrogens (tertiary/aromatic N) is 5. The fraction of sp³-hybridized carbons (Fsp3) is 0.636. The Labute approximate surface area is 110 Å². The van der Waals surface area contributed by atoms with E-state index in [1.165, 1.54) is 0 Å². The van der Waals surface area contributed by atoms with Crippen LogP contribution in [0.4, 0.5) is 0 Å². The van der Waals surface area contributed by atoms with Crippen LogP contribution in [0.3, 0.4) is 0 Å². The van der Waals surface area contributed by atoms with Gasteiger partial charge >= 0.3 is 0 Å². The Bertz CT molecular complexity index is 515. The molecule has 2 N–H and O–H groups in total. The van der Waals surface area contributed by atoms with E-state index in [-0.39, 0.29) is 0 Å². The van der Waals surface area contributed by atoms with E-state index in [4.69, 9.17) is 5.73 Å². The Balaban J connectivity index is 2.24. The molecule has 0 aliphatic rings. The quantitative estimate of drug-likeness (QED) is 0.885. The van der Waals surface area contributed by atoms with Crippen LogP contribution < -0.4 is 5.73 Å². The first-order valence-corrected chi connectivity index (χ1v) is 6.90. The molecule has 0 spiro atoms. The van der Waals surface area contributed by atoms with Crippen LogP contribution in [0, 0.1) is 6.92 Å². The molecular formula is C11H18N6S. The van der Waals surface area contributed by atoms with Crippen molar-refractivity contribution in [3.8, 4) is 5.13 Å². The standard InChI is InChI=1S/C11H18N6S/c1-7(2)10-14-15-11(18-10)17-8(3)9(13-16-17)5-4-6-12/h7H,4-6,12H2,1-3H3. The third-order valence-electron chi connectivity index (χ3n) is 2.71.